The molecule has 0 aliphatic carbocycles. The SMILES string of the molecule is CC(=O)N1CCC(Cc2ccc(N3C(=O)OCC3Cc3ccccc3)nc2)CC1. The molecular formula is C23H27N3O3. The van der Waals surface area contributed by atoms with Gasteiger partial charge in [-0.25, -0.2) is 9.78 Å². The van der Waals surface area contributed by atoms with Crippen LogP contribution in [0, 0.1) is 5.92 Å². The van der Waals surface area contributed by atoms with Gasteiger partial charge >= 0.3 is 6.09 Å². The third-order valence-corrected chi connectivity index (χ3v) is 5.92. The zero-order valence-electron chi connectivity index (χ0n) is 16.8. The summed E-state index contributed by atoms with van der Waals surface area (Å²) in [6.45, 7) is 3.70. The molecule has 2 fully saturated rings. The normalized spacial score (nSPS) is 20.0. The van der Waals surface area contributed by atoms with Gasteiger partial charge in [-0.2, -0.15) is 0 Å². The standard InChI is InChI=1S/C23H27N3O3/c1-17(27)25-11-9-19(10-12-25)13-20-7-8-22(24-15-20)26-21(16-29-23(26)28)14-18-5-3-2-4-6-18/h2-8,15,19,21H,9-14,16H2,1H3. The molecule has 152 valence electrons. The average molecular weight is 393 g/mol. The lowest BCUT2D eigenvalue weighted by atomic mass is 9.90. The Kier molecular flexibility index (Phi) is 5.79. The maximum absolute atomic E-state index is 12.3. The number of benzene rings is 1. The van der Waals surface area contributed by atoms with E-state index in [1.165, 1.54) is 11.1 Å². The summed E-state index contributed by atoms with van der Waals surface area (Å²) in [5, 5.41) is 0. The van der Waals surface area contributed by atoms with Crippen LogP contribution in [0.4, 0.5) is 10.6 Å². The predicted octanol–water partition coefficient (Wildman–Crippen LogP) is 3.45. The second-order valence-corrected chi connectivity index (χ2v) is 7.97. The van der Waals surface area contributed by atoms with Gasteiger partial charge in [-0.15, -0.1) is 0 Å². The van der Waals surface area contributed by atoms with E-state index in [1.807, 2.05) is 35.4 Å². The molecule has 1 aromatic heterocycles. The van der Waals surface area contributed by atoms with Crippen LogP contribution in [0.5, 0.6) is 0 Å². The van der Waals surface area contributed by atoms with Crippen molar-refractivity contribution in [2.75, 3.05) is 24.6 Å². The molecule has 1 atom stereocenters. The lowest BCUT2D eigenvalue weighted by Gasteiger charge is -2.31. The Morgan fingerprint density at radius 3 is 2.48 bits per heavy atom. The van der Waals surface area contributed by atoms with Crippen molar-refractivity contribution in [1.29, 1.82) is 0 Å². The van der Waals surface area contributed by atoms with Crippen LogP contribution in [0.3, 0.4) is 0 Å². The molecule has 3 heterocycles. The molecule has 6 heteroatoms. The highest BCUT2D eigenvalue weighted by Gasteiger charge is 2.35. The molecule has 29 heavy (non-hydrogen) atoms. The van der Waals surface area contributed by atoms with Crippen LogP contribution in [-0.4, -0.2) is 47.6 Å². The molecule has 2 amide bonds. The number of carbonyl (C=O) groups excluding carboxylic acids is 2. The first-order valence-electron chi connectivity index (χ1n) is 10.3. The molecule has 4 rings (SSSR count). The van der Waals surface area contributed by atoms with Crippen LogP contribution < -0.4 is 4.90 Å². The Balaban J connectivity index is 1.39. The van der Waals surface area contributed by atoms with E-state index >= 15 is 0 Å². The third kappa shape index (κ3) is 4.58. The molecule has 2 aliphatic rings. The van der Waals surface area contributed by atoms with Gasteiger partial charge in [0, 0.05) is 26.2 Å². The Morgan fingerprint density at radius 2 is 1.83 bits per heavy atom. The van der Waals surface area contributed by atoms with E-state index in [1.54, 1.807) is 11.8 Å². The highest BCUT2D eigenvalue weighted by atomic mass is 16.6. The van der Waals surface area contributed by atoms with Gasteiger partial charge < -0.3 is 9.64 Å². The molecular weight excluding hydrogens is 366 g/mol. The van der Waals surface area contributed by atoms with E-state index in [9.17, 15) is 9.59 Å². The fourth-order valence-corrected chi connectivity index (χ4v) is 4.24. The van der Waals surface area contributed by atoms with Crippen molar-refractivity contribution in [3.05, 3.63) is 59.8 Å². The fraction of sp³-hybridized carbons (Fsp3) is 0.435. The number of cyclic esters (lactones) is 1. The van der Waals surface area contributed by atoms with Gasteiger partial charge in [-0.3, -0.25) is 9.69 Å². The summed E-state index contributed by atoms with van der Waals surface area (Å²) in [6.07, 6.45) is 5.29. The maximum atomic E-state index is 12.3. The highest BCUT2D eigenvalue weighted by molar-refractivity contribution is 5.89. The summed E-state index contributed by atoms with van der Waals surface area (Å²) in [5.74, 6) is 1.38. The van der Waals surface area contributed by atoms with Crippen molar-refractivity contribution in [3.63, 3.8) is 0 Å². The maximum Gasteiger partial charge on any atom is 0.415 e. The van der Waals surface area contributed by atoms with Gasteiger partial charge in [0.25, 0.3) is 0 Å². The molecule has 0 spiro atoms. The Bertz CT molecular complexity index is 845. The second-order valence-electron chi connectivity index (χ2n) is 7.97. The first-order valence-corrected chi connectivity index (χ1v) is 10.3. The number of nitrogens with zero attached hydrogens (tertiary/aromatic N) is 3. The van der Waals surface area contributed by atoms with Gasteiger partial charge in [0.15, 0.2) is 0 Å². The largest absolute Gasteiger partial charge is 0.447 e. The van der Waals surface area contributed by atoms with Crippen molar-refractivity contribution in [2.45, 2.75) is 38.6 Å². The number of anilines is 1. The number of aromatic nitrogens is 1. The van der Waals surface area contributed by atoms with Gasteiger partial charge in [-0.05, 0) is 48.8 Å². The molecule has 6 nitrogen and oxygen atoms in total. The van der Waals surface area contributed by atoms with Gasteiger partial charge in [-0.1, -0.05) is 36.4 Å². The van der Waals surface area contributed by atoms with Crippen LogP contribution in [0.15, 0.2) is 48.7 Å². The fourth-order valence-electron chi connectivity index (χ4n) is 4.24. The molecule has 2 aromatic rings. The van der Waals surface area contributed by atoms with Crippen LogP contribution in [0.1, 0.15) is 30.9 Å². The average Bonchev–Trinajstić information content (AvgIpc) is 3.10. The summed E-state index contributed by atoms with van der Waals surface area (Å²) >= 11 is 0. The zero-order valence-corrected chi connectivity index (χ0v) is 16.8. The van der Waals surface area contributed by atoms with Crippen molar-refractivity contribution < 1.29 is 14.3 Å². The summed E-state index contributed by atoms with van der Waals surface area (Å²) in [5.41, 5.74) is 2.34. The molecule has 0 saturated carbocycles. The van der Waals surface area contributed by atoms with Crippen LogP contribution >= 0.6 is 0 Å². The summed E-state index contributed by atoms with van der Waals surface area (Å²) in [7, 11) is 0. The van der Waals surface area contributed by atoms with E-state index < -0.39 is 0 Å². The number of ether oxygens (including phenoxy) is 1. The van der Waals surface area contributed by atoms with E-state index in [-0.39, 0.29) is 18.0 Å². The zero-order chi connectivity index (χ0) is 20.2. The first kappa shape index (κ1) is 19.4. The molecule has 0 radical (unpaired) electrons. The van der Waals surface area contributed by atoms with Crippen LogP contribution in [0.25, 0.3) is 0 Å². The Labute approximate surface area is 171 Å². The topological polar surface area (TPSA) is 62.7 Å². The number of piperidine rings is 1. The van der Waals surface area contributed by atoms with Gasteiger partial charge in [0.1, 0.15) is 12.4 Å². The summed E-state index contributed by atoms with van der Waals surface area (Å²) in [4.78, 5) is 31.9. The number of likely N-dealkylation sites (tertiary alicyclic amines) is 1. The molecule has 0 N–H and O–H groups in total. The van der Waals surface area contributed by atoms with Crippen molar-refractivity contribution >= 4 is 17.8 Å². The molecule has 1 unspecified atom stereocenters. The Hall–Kier alpha value is -2.89. The molecule has 2 aliphatic heterocycles. The molecule has 0 bridgehead atoms. The minimum Gasteiger partial charge on any atom is -0.447 e. The first-order chi connectivity index (χ1) is 14.1. The minimum atomic E-state index is -0.331. The monoisotopic (exact) mass is 393 g/mol. The predicted molar refractivity (Wildman–Crippen MR) is 111 cm³/mol. The number of amides is 2. The van der Waals surface area contributed by atoms with E-state index in [0.29, 0.717) is 18.3 Å². The van der Waals surface area contributed by atoms with Crippen LogP contribution in [0.2, 0.25) is 0 Å². The number of pyridine rings is 1. The van der Waals surface area contributed by atoms with Crippen LogP contribution in [-0.2, 0) is 22.4 Å². The van der Waals surface area contributed by atoms with E-state index in [0.717, 1.165) is 38.8 Å². The highest BCUT2D eigenvalue weighted by Crippen LogP contribution is 2.26. The van der Waals surface area contributed by atoms with Gasteiger partial charge in [0.05, 0.1) is 6.04 Å². The van der Waals surface area contributed by atoms with Crippen molar-refractivity contribution in [2.24, 2.45) is 5.92 Å². The smallest absolute Gasteiger partial charge is 0.415 e. The number of carbonyl (C=O) groups is 2. The van der Waals surface area contributed by atoms with Gasteiger partial charge in [0.2, 0.25) is 5.91 Å². The number of hydrogen-bond donors (Lipinski definition) is 0. The van der Waals surface area contributed by atoms with E-state index in [2.05, 4.69) is 23.2 Å². The van der Waals surface area contributed by atoms with Crippen molar-refractivity contribution in [1.82, 2.24) is 9.88 Å². The Morgan fingerprint density at radius 1 is 1.07 bits per heavy atom. The third-order valence-electron chi connectivity index (χ3n) is 5.92. The lowest BCUT2D eigenvalue weighted by Crippen LogP contribution is -2.37. The van der Waals surface area contributed by atoms with Crippen molar-refractivity contribution in [3.8, 4) is 0 Å². The summed E-state index contributed by atoms with van der Waals surface area (Å²) in [6, 6.07) is 14.1. The number of rotatable bonds is 5. The van der Waals surface area contributed by atoms with E-state index in [4.69, 9.17) is 4.74 Å². The summed E-state index contributed by atoms with van der Waals surface area (Å²) < 4.78 is 5.30. The molecule has 1 aromatic carbocycles. The minimum absolute atomic E-state index is 0.0424. The quantitative estimate of drug-likeness (QED) is 0.781. The second kappa shape index (κ2) is 8.64. The number of hydrogen-bond acceptors (Lipinski definition) is 4. The lowest BCUT2D eigenvalue weighted by molar-refractivity contribution is -0.130. The molecule has 2 saturated heterocycles.